The lowest BCUT2D eigenvalue weighted by Crippen LogP contribution is -1.99. The van der Waals surface area contributed by atoms with Crippen LogP contribution in [-0.2, 0) is 11.9 Å². The second-order valence-electron chi connectivity index (χ2n) is 4.16. The van der Waals surface area contributed by atoms with Crippen LogP contribution in [0.4, 0.5) is 0 Å². The molecule has 106 valence electrons. The summed E-state index contributed by atoms with van der Waals surface area (Å²) in [4.78, 5) is 0. The number of rotatable bonds is 5. The first-order chi connectivity index (χ1) is 9.63. The van der Waals surface area contributed by atoms with Crippen molar-refractivity contribution < 1.29 is 9.47 Å². The van der Waals surface area contributed by atoms with E-state index in [1.165, 1.54) is 0 Å². The van der Waals surface area contributed by atoms with Gasteiger partial charge in [0.15, 0.2) is 11.5 Å². The Kier molecular flexibility index (Phi) is 5.75. The van der Waals surface area contributed by atoms with E-state index in [0.717, 1.165) is 20.9 Å². The van der Waals surface area contributed by atoms with Gasteiger partial charge in [-0.1, -0.05) is 39.7 Å². The molecule has 0 bridgehead atoms. The van der Waals surface area contributed by atoms with Gasteiger partial charge in [-0.05, 0) is 51.3 Å². The van der Waals surface area contributed by atoms with Crippen molar-refractivity contribution in [2.75, 3.05) is 7.11 Å². The lowest BCUT2D eigenvalue weighted by molar-refractivity contribution is 0.282. The van der Waals surface area contributed by atoms with Crippen molar-refractivity contribution in [1.82, 2.24) is 0 Å². The summed E-state index contributed by atoms with van der Waals surface area (Å²) in [5, 5.41) is 1.46. The third kappa shape index (κ3) is 3.90. The van der Waals surface area contributed by atoms with E-state index < -0.39 is 0 Å². The summed E-state index contributed by atoms with van der Waals surface area (Å²) in [7, 11) is 1.63. The zero-order chi connectivity index (χ0) is 14.5. The highest BCUT2D eigenvalue weighted by molar-refractivity contribution is 9.10. The maximum absolute atomic E-state index is 5.96. The summed E-state index contributed by atoms with van der Waals surface area (Å²) in [5.41, 5.74) is 2.12. The van der Waals surface area contributed by atoms with E-state index in [9.17, 15) is 0 Å². The summed E-state index contributed by atoms with van der Waals surface area (Å²) in [5.74, 6) is 1.40. The highest BCUT2D eigenvalue weighted by Gasteiger charge is 2.11. The van der Waals surface area contributed by atoms with Crippen LogP contribution in [0.2, 0.25) is 5.02 Å². The topological polar surface area (TPSA) is 18.5 Å². The minimum atomic E-state index is 0.434. The molecule has 5 heteroatoms. The lowest BCUT2D eigenvalue weighted by atomic mass is 10.2. The van der Waals surface area contributed by atoms with Crippen LogP contribution in [0.5, 0.6) is 11.5 Å². The fourth-order valence-electron chi connectivity index (χ4n) is 1.77. The Morgan fingerprint density at radius 3 is 2.60 bits per heavy atom. The molecular weight excluding hydrogens is 407 g/mol. The number of hydrogen-bond acceptors (Lipinski definition) is 2. The third-order valence-electron chi connectivity index (χ3n) is 2.72. The average molecular weight is 421 g/mol. The number of alkyl halides is 1. The van der Waals surface area contributed by atoms with Gasteiger partial charge in [0.05, 0.1) is 11.6 Å². The molecule has 0 amide bonds. The summed E-state index contributed by atoms with van der Waals surface area (Å²) in [6.07, 6.45) is 0. The van der Waals surface area contributed by atoms with Crippen LogP contribution in [0.1, 0.15) is 11.1 Å². The average Bonchev–Trinajstić information content (AvgIpc) is 2.45. The molecule has 0 N–H and O–H groups in total. The molecule has 0 aliphatic rings. The molecule has 2 aromatic carbocycles. The molecule has 2 rings (SSSR count). The first-order valence-corrected chi connectivity index (χ1v) is 8.23. The molecule has 0 aliphatic heterocycles. The highest BCUT2D eigenvalue weighted by atomic mass is 79.9. The summed E-state index contributed by atoms with van der Waals surface area (Å²) in [6, 6.07) is 11.6. The molecule has 0 aliphatic carbocycles. The van der Waals surface area contributed by atoms with Gasteiger partial charge < -0.3 is 9.47 Å². The summed E-state index contributed by atoms with van der Waals surface area (Å²) < 4.78 is 12.1. The normalized spacial score (nSPS) is 10.4. The predicted molar refractivity (Wildman–Crippen MR) is 89.1 cm³/mol. The monoisotopic (exact) mass is 418 g/mol. The van der Waals surface area contributed by atoms with E-state index >= 15 is 0 Å². The molecule has 0 fully saturated rings. The van der Waals surface area contributed by atoms with Crippen molar-refractivity contribution in [2.45, 2.75) is 11.9 Å². The fraction of sp³-hybridized carbons (Fsp3) is 0.200. The Morgan fingerprint density at radius 1 is 1.15 bits per heavy atom. The fourth-order valence-corrected chi connectivity index (χ4v) is 2.91. The van der Waals surface area contributed by atoms with Gasteiger partial charge in [0.25, 0.3) is 0 Å². The Morgan fingerprint density at radius 2 is 1.95 bits per heavy atom. The smallest absolute Gasteiger partial charge is 0.175 e. The van der Waals surface area contributed by atoms with Crippen molar-refractivity contribution in [3.63, 3.8) is 0 Å². The van der Waals surface area contributed by atoms with Gasteiger partial charge in [0.2, 0.25) is 0 Å². The number of methoxy groups -OCH3 is 1. The molecule has 2 aromatic rings. The lowest BCUT2D eigenvalue weighted by Gasteiger charge is -2.14. The predicted octanol–water partition coefficient (Wildman–Crippen LogP) is 5.59. The second-order valence-corrected chi connectivity index (χ2v) is 6.01. The van der Waals surface area contributed by atoms with Crippen LogP contribution in [-0.4, -0.2) is 7.11 Å². The molecular formula is C15H13Br2ClO2. The Bertz CT molecular complexity index is 602. The number of benzene rings is 2. The second kappa shape index (κ2) is 7.34. The van der Waals surface area contributed by atoms with Gasteiger partial charge in [-0.25, -0.2) is 0 Å². The van der Waals surface area contributed by atoms with Gasteiger partial charge in [-0.3, -0.25) is 0 Å². The van der Waals surface area contributed by atoms with Crippen molar-refractivity contribution in [3.8, 4) is 11.5 Å². The van der Waals surface area contributed by atoms with Crippen LogP contribution >= 0.6 is 43.5 Å². The molecule has 0 saturated heterocycles. The van der Waals surface area contributed by atoms with Gasteiger partial charge >= 0.3 is 0 Å². The largest absolute Gasteiger partial charge is 0.493 e. The van der Waals surface area contributed by atoms with Crippen molar-refractivity contribution in [1.29, 1.82) is 0 Å². The minimum Gasteiger partial charge on any atom is -0.493 e. The van der Waals surface area contributed by atoms with Crippen LogP contribution in [0.25, 0.3) is 0 Å². The van der Waals surface area contributed by atoms with Crippen LogP contribution < -0.4 is 9.47 Å². The van der Waals surface area contributed by atoms with Crippen molar-refractivity contribution >= 4 is 43.5 Å². The van der Waals surface area contributed by atoms with Gasteiger partial charge in [-0.15, -0.1) is 0 Å². The van der Waals surface area contributed by atoms with Crippen LogP contribution in [0, 0.1) is 0 Å². The minimum absolute atomic E-state index is 0.434. The quantitative estimate of drug-likeness (QED) is 0.588. The molecule has 2 nitrogen and oxygen atoms in total. The maximum atomic E-state index is 5.96. The van der Waals surface area contributed by atoms with Crippen molar-refractivity contribution in [3.05, 3.63) is 57.0 Å². The Labute approximate surface area is 140 Å². The molecule has 0 spiro atoms. The van der Waals surface area contributed by atoms with Crippen LogP contribution in [0.15, 0.2) is 40.9 Å². The van der Waals surface area contributed by atoms with E-state index in [0.29, 0.717) is 23.1 Å². The Hall–Kier alpha value is -0.710. The van der Waals surface area contributed by atoms with E-state index in [4.69, 9.17) is 21.1 Å². The van der Waals surface area contributed by atoms with Gasteiger partial charge in [-0.2, -0.15) is 0 Å². The van der Waals surface area contributed by atoms with Crippen molar-refractivity contribution in [2.24, 2.45) is 0 Å². The maximum Gasteiger partial charge on any atom is 0.175 e. The number of hydrogen-bond donors (Lipinski definition) is 0. The third-order valence-corrected chi connectivity index (χ3v) is 4.19. The molecule has 0 aromatic heterocycles. The molecule has 0 radical (unpaired) electrons. The highest BCUT2D eigenvalue weighted by Crippen LogP contribution is 2.37. The SMILES string of the molecule is COc1cc(CBr)cc(Br)c1OCc1cccc(Cl)c1. The van der Waals surface area contributed by atoms with Gasteiger partial charge in [0, 0.05) is 10.4 Å². The van der Waals surface area contributed by atoms with E-state index in [2.05, 4.69) is 31.9 Å². The zero-order valence-corrected chi connectivity index (χ0v) is 14.8. The van der Waals surface area contributed by atoms with E-state index in [1.54, 1.807) is 7.11 Å². The summed E-state index contributed by atoms with van der Waals surface area (Å²) in [6.45, 7) is 0.434. The first-order valence-electron chi connectivity index (χ1n) is 5.93. The molecule has 0 heterocycles. The zero-order valence-electron chi connectivity index (χ0n) is 10.8. The molecule has 20 heavy (non-hydrogen) atoms. The molecule has 0 saturated carbocycles. The van der Waals surface area contributed by atoms with Crippen LogP contribution in [0.3, 0.4) is 0 Å². The number of ether oxygens (including phenoxy) is 2. The molecule has 0 unspecified atom stereocenters. The van der Waals surface area contributed by atoms with E-state index in [-0.39, 0.29) is 0 Å². The van der Waals surface area contributed by atoms with E-state index in [1.807, 2.05) is 36.4 Å². The number of halogens is 3. The standard InChI is InChI=1S/C15H13Br2ClO2/c1-19-14-7-11(8-16)6-13(17)15(14)20-9-10-3-2-4-12(18)5-10/h2-7H,8-9H2,1H3. The van der Waals surface area contributed by atoms with Gasteiger partial charge in [0.1, 0.15) is 6.61 Å². The Balaban J connectivity index is 2.20. The summed E-state index contributed by atoms with van der Waals surface area (Å²) >= 11 is 12.9. The molecule has 0 atom stereocenters. The first kappa shape index (κ1) is 15.7.